The van der Waals surface area contributed by atoms with E-state index >= 15 is 0 Å². The van der Waals surface area contributed by atoms with Gasteiger partial charge in [0.1, 0.15) is 5.15 Å². The highest BCUT2D eigenvalue weighted by Gasteiger charge is 2.10. The topological polar surface area (TPSA) is 12.9 Å². The van der Waals surface area contributed by atoms with Crippen LogP contribution in [0.1, 0.15) is 0 Å². The molecule has 1 aromatic heterocycles. The number of hydrogen-bond donors (Lipinski definition) is 0. The van der Waals surface area contributed by atoms with E-state index in [0.29, 0.717) is 15.6 Å². The standard InChI is InChI=1S/C9H3Cl4N/c10-4-1-2-5-6(3-4)14-9(13)8(12)7(5)11/h1-3H. The Morgan fingerprint density at radius 2 is 1.64 bits per heavy atom. The minimum Gasteiger partial charge on any atom is -0.234 e. The summed E-state index contributed by atoms with van der Waals surface area (Å²) in [6, 6.07) is 5.17. The third-order valence-electron chi connectivity index (χ3n) is 1.79. The van der Waals surface area contributed by atoms with E-state index in [4.69, 9.17) is 46.4 Å². The molecule has 72 valence electrons. The third-order valence-corrected chi connectivity index (χ3v) is 3.25. The second-order valence-electron chi connectivity index (χ2n) is 2.69. The number of benzene rings is 1. The van der Waals surface area contributed by atoms with Crippen molar-refractivity contribution in [3.05, 3.63) is 38.4 Å². The largest absolute Gasteiger partial charge is 0.234 e. The summed E-state index contributed by atoms with van der Waals surface area (Å²) in [6.45, 7) is 0. The minimum absolute atomic E-state index is 0.187. The first-order valence-electron chi connectivity index (χ1n) is 3.69. The van der Waals surface area contributed by atoms with Gasteiger partial charge in [0, 0.05) is 10.4 Å². The highest BCUT2D eigenvalue weighted by molar-refractivity contribution is 6.49. The zero-order valence-electron chi connectivity index (χ0n) is 6.69. The van der Waals surface area contributed by atoms with Gasteiger partial charge in [-0.05, 0) is 18.2 Å². The molecule has 0 atom stereocenters. The van der Waals surface area contributed by atoms with Gasteiger partial charge in [-0.3, -0.25) is 0 Å². The molecule has 0 radical (unpaired) electrons. The summed E-state index contributed by atoms with van der Waals surface area (Å²) in [5.74, 6) is 0. The van der Waals surface area contributed by atoms with Crippen LogP contribution in [-0.4, -0.2) is 4.98 Å². The van der Waals surface area contributed by atoms with Crippen molar-refractivity contribution in [3.8, 4) is 0 Å². The van der Waals surface area contributed by atoms with Crippen LogP contribution in [-0.2, 0) is 0 Å². The van der Waals surface area contributed by atoms with E-state index in [0.717, 1.165) is 5.39 Å². The fourth-order valence-electron chi connectivity index (χ4n) is 1.15. The van der Waals surface area contributed by atoms with Crippen molar-refractivity contribution in [2.24, 2.45) is 0 Å². The molecular formula is C9H3Cl4N. The summed E-state index contributed by atoms with van der Waals surface area (Å²) >= 11 is 23.4. The van der Waals surface area contributed by atoms with Gasteiger partial charge in [-0.1, -0.05) is 46.4 Å². The molecule has 0 aliphatic heterocycles. The Hall–Kier alpha value is -0.210. The van der Waals surface area contributed by atoms with Gasteiger partial charge in [-0.25, -0.2) is 4.98 Å². The first-order valence-corrected chi connectivity index (χ1v) is 5.20. The zero-order chi connectivity index (χ0) is 10.3. The summed E-state index contributed by atoms with van der Waals surface area (Å²) in [5.41, 5.74) is 0.636. The third kappa shape index (κ3) is 1.66. The minimum atomic E-state index is 0.187. The van der Waals surface area contributed by atoms with E-state index in [2.05, 4.69) is 4.98 Å². The van der Waals surface area contributed by atoms with Gasteiger partial charge in [0.2, 0.25) is 0 Å². The predicted octanol–water partition coefficient (Wildman–Crippen LogP) is 4.85. The lowest BCUT2D eigenvalue weighted by Gasteiger charge is -2.03. The Kier molecular flexibility index (Phi) is 2.76. The second kappa shape index (κ2) is 3.74. The predicted molar refractivity (Wildman–Crippen MR) is 61.8 cm³/mol. The van der Waals surface area contributed by atoms with Crippen LogP contribution in [0.2, 0.25) is 20.2 Å². The number of nitrogens with zero attached hydrogens (tertiary/aromatic N) is 1. The second-order valence-corrected chi connectivity index (χ2v) is 4.24. The summed E-state index contributed by atoms with van der Waals surface area (Å²) in [6.07, 6.45) is 0. The molecule has 1 nitrogen and oxygen atoms in total. The molecule has 0 aliphatic rings. The molecule has 14 heavy (non-hydrogen) atoms. The number of pyridine rings is 1. The van der Waals surface area contributed by atoms with Crippen LogP contribution >= 0.6 is 46.4 Å². The number of hydrogen-bond acceptors (Lipinski definition) is 1. The van der Waals surface area contributed by atoms with Gasteiger partial charge >= 0.3 is 0 Å². The number of aromatic nitrogens is 1. The number of rotatable bonds is 0. The van der Waals surface area contributed by atoms with Gasteiger partial charge in [0.25, 0.3) is 0 Å². The first kappa shape index (κ1) is 10.3. The molecule has 0 aliphatic carbocycles. The number of fused-ring (bicyclic) bond motifs is 1. The Balaban J connectivity index is 2.91. The summed E-state index contributed by atoms with van der Waals surface area (Å²) in [7, 11) is 0. The molecule has 1 heterocycles. The molecule has 0 amide bonds. The highest BCUT2D eigenvalue weighted by Crippen LogP contribution is 2.35. The Bertz CT molecular complexity index is 510. The molecule has 0 spiro atoms. The van der Waals surface area contributed by atoms with E-state index in [-0.39, 0.29) is 10.2 Å². The number of halogens is 4. The summed E-state index contributed by atoms with van der Waals surface area (Å²) in [5, 5.41) is 2.18. The first-order chi connectivity index (χ1) is 6.59. The monoisotopic (exact) mass is 265 g/mol. The molecule has 0 saturated heterocycles. The van der Waals surface area contributed by atoms with Crippen molar-refractivity contribution < 1.29 is 0 Å². The van der Waals surface area contributed by atoms with Crippen LogP contribution < -0.4 is 0 Å². The molecular weight excluding hydrogens is 264 g/mol. The maximum absolute atomic E-state index is 5.98. The average Bonchev–Trinajstić information content (AvgIpc) is 2.14. The van der Waals surface area contributed by atoms with Crippen LogP contribution in [0.25, 0.3) is 10.9 Å². The van der Waals surface area contributed by atoms with Crippen LogP contribution in [0, 0.1) is 0 Å². The maximum atomic E-state index is 5.98. The smallest absolute Gasteiger partial charge is 0.149 e. The van der Waals surface area contributed by atoms with Crippen molar-refractivity contribution in [2.75, 3.05) is 0 Å². The van der Waals surface area contributed by atoms with Gasteiger partial charge in [-0.15, -0.1) is 0 Å². The SMILES string of the molecule is Clc1ccc2c(Cl)c(Cl)c(Cl)nc2c1. The van der Waals surface area contributed by atoms with Gasteiger partial charge in [-0.2, -0.15) is 0 Å². The Morgan fingerprint density at radius 1 is 0.929 bits per heavy atom. The van der Waals surface area contributed by atoms with E-state index in [9.17, 15) is 0 Å². The molecule has 2 aromatic rings. The van der Waals surface area contributed by atoms with Crippen LogP contribution in [0.5, 0.6) is 0 Å². The average molecular weight is 267 g/mol. The molecule has 0 N–H and O–H groups in total. The highest BCUT2D eigenvalue weighted by atomic mass is 35.5. The van der Waals surface area contributed by atoms with Crippen LogP contribution in [0.3, 0.4) is 0 Å². The van der Waals surface area contributed by atoms with Gasteiger partial charge < -0.3 is 0 Å². The van der Waals surface area contributed by atoms with Gasteiger partial charge in [0.15, 0.2) is 0 Å². The lowest BCUT2D eigenvalue weighted by Crippen LogP contribution is -1.83. The Morgan fingerprint density at radius 3 is 2.36 bits per heavy atom. The molecule has 0 fully saturated rings. The van der Waals surface area contributed by atoms with Crippen molar-refractivity contribution in [1.29, 1.82) is 0 Å². The quantitative estimate of drug-likeness (QED) is 0.622. The molecule has 0 bridgehead atoms. The summed E-state index contributed by atoms with van der Waals surface area (Å²) in [4.78, 5) is 4.06. The fourth-order valence-corrected chi connectivity index (χ4v) is 1.94. The molecule has 5 heteroatoms. The van der Waals surface area contributed by atoms with E-state index < -0.39 is 0 Å². The van der Waals surface area contributed by atoms with Crippen molar-refractivity contribution >= 4 is 57.3 Å². The van der Waals surface area contributed by atoms with E-state index in [1.165, 1.54) is 0 Å². The zero-order valence-corrected chi connectivity index (χ0v) is 9.71. The van der Waals surface area contributed by atoms with Crippen LogP contribution in [0.15, 0.2) is 18.2 Å². The Labute approximate surface area is 101 Å². The normalized spacial score (nSPS) is 10.9. The van der Waals surface area contributed by atoms with Crippen molar-refractivity contribution in [2.45, 2.75) is 0 Å². The maximum Gasteiger partial charge on any atom is 0.149 e. The molecule has 1 aromatic carbocycles. The molecule has 0 saturated carbocycles. The van der Waals surface area contributed by atoms with Crippen molar-refractivity contribution in [1.82, 2.24) is 4.98 Å². The van der Waals surface area contributed by atoms with E-state index in [1.54, 1.807) is 18.2 Å². The summed E-state index contributed by atoms with van der Waals surface area (Å²) < 4.78 is 0. The fraction of sp³-hybridized carbons (Fsp3) is 0. The van der Waals surface area contributed by atoms with Crippen molar-refractivity contribution in [3.63, 3.8) is 0 Å². The van der Waals surface area contributed by atoms with E-state index in [1.807, 2.05) is 0 Å². The lowest BCUT2D eigenvalue weighted by atomic mass is 10.2. The van der Waals surface area contributed by atoms with Crippen LogP contribution in [0.4, 0.5) is 0 Å². The van der Waals surface area contributed by atoms with Gasteiger partial charge in [0.05, 0.1) is 15.6 Å². The lowest BCUT2D eigenvalue weighted by molar-refractivity contribution is 1.41. The molecule has 2 rings (SSSR count). The molecule has 0 unspecified atom stereocenters.